The summed E-state index contributed by atoms with van der Waals surface area (Å²) in [5, 5.41) is 3.07. The van der Waals surface area contributed by atoms with E-state index in [1.54, 1.807) is 18.2 Å². The van der Waals surface area contributed by atoms with Gasteiger partial charge in [-0.3, -0.25) is 0 Å². The van der Waals surface area contributed by atoms with E-state index in [0.717, 1.165) is 10.5 Å². The third-order valence-electron chi connectivity index (χ3n) is 2.93. The molecule has 0 aliphatic rings. The number of benzene rings is 2. The van der Waals surface area contributed by atoms with Gasteiger partial charge in [0.15, 0.2) is 0 Å². The molecule has 2 rings (SSSR count). The van der Waals surface area contributed by atoms with E-state index in [4.69, 9.17) is 0 Å². The van der Waals surface area contributed by atoms with Crippen LogP contribution in [0.15, 0.2) is 52.3 Å². The highest BCUT2D eigenvalue weighted by Crippen LogP contribution is 2.31. The maximum absolute atomic E-state index is 14.0. The Labute approximate surface area is 116 Å². The second kappa shape index (κ2) is 6.17. The molecule has 100 valence electrons. The van der Waals surface area contributed by atoms with Gasteiger partial charge in [0.05, 0.1) is 0 Å². The molecule has 0 amide bonds. The lowest BCUT2D eigenvalue weighted by atomic mass is 10.1. The largest absolute Gasteiger partial charge is 0.313 e. The van der Waals surface area contributed by atoms with Gasteiger partial charge < -0.3 is 5.32 Å². The Hall–Kier alpha value is -1.39. The van der Waals surface area contributed by atoms with Crippen LogP contribution in [0.5, 0.6) is 0 Å². The first kappa shape index (κ1) is 14.0. The molecule has 0 radical (unpaired) electrons. The van der Waals surface area contributed by atoms with Gasteiger partial charge in [-0.15, -0.1) is 0 Å². The zero-order chi connectivity index (χ0) is 13.8. The highest BCUT2D eigenvalue weighted by Gasteiger charge is 2.09. The van der Waals surface area contributed by atoms with E-state index in [1.165, 1.54) is 30.0 Å². The number of hydrogen-bond acceptors (Lipinski definition) is 2. The molecule has 2 aromatic rings. The predicted octanol–water partition coefficient (Wildman–Crippen LogP) is 4.40. The molecular weight excluding hydrogens is 264 g/mol. The van der Waals surface area contributed by atoms with E-state index >= 15 is 0 Å². The van der Waals surface area contributed by atoms with Crippen LogP contribution in [0.3, 0.4) is 0 Å². The number of hydrogen-bond donors (Lipinski definition) is 1. The quantitative estimate of drug-likeness (QED) is 0.890. The van der Waals surface area contributed by atoms with Crippen LogP contribution in [-0.4, -0.2) is 7.05 Å². The van der Waals surface area contributed by atoms with Gasteiger partial charge in [0, 0.05) is 15.8 Å². The number of rotatable bonds is 4. The second-order valence-electron chi connectivity index (χ2n) is 4.26. The molecule has 1 N–H and O–H groups in total. The van der Waals surface area contributed by atoms with Gasteiger partial charge in [-0.1, -0.05) is 17.8 Å². The van der Waals surface area contributed by atoms with Crippen molar-refractivity contribution in [3.63, 3.8) is 0 Å². The van der Waals surface area contributed by atoms with Gasteiger partial charge in [0.25, 0.3) is 0 Å². The van der Waals surface area contributed by atoms with E-state index < -0.39 is 0 Å². The molecule has 0 aliphatic carbocycles. The molecule has 0 fully saturated rings. The first-order valence-corrected chi connectivity index (χ1v) is 6.82. The van der Waals surface area contributed by atoms with Crippen LogP contribution in [0.25, 0.3) is 0 Å². The minimum atomic E-state index is -0.289. The van der Waals surface area contributed by atoms with Crippen molar-refractivity contribution in [2.45, 2.75) is 22.8 Å². The fourth-order valence-electron chi connectivity index (χ4n) is 1.67. The third-order valence-corrected chi connectivity index (χ3v) is 3.99. The van der Waals surface area contributed by atoms with Crippen molar-refractivity contribution in [1.82, 2.24) is 5.32 Å². The summed E-state index contributed by atoms with van der Waals surface area (Å²) >= 11 is 1.29. The lowest BCUT2D eigenvalue weighted by Crippen LogP contribution is -2.12. The van der Waals surface area contributed by atoms with Crippen molar-refractivity contribution in [2.75, 3.05) is 7.05 Å². The van der Waals surface area contributed by atoms with Gasteiger partial charge in [-0.2, -0.15) is 0 Å². The van der Waals surface area contributed by atoms with Crippen LogP contribution in [0, 0.1) is 11.6 Å². The maximum atomic E-state index is 14.0. The molecule has 0 bridgehead atoms. The lowest BCUT2D eigenvalue weighted by Gasteiger charge is -2.12. The minimum absolute atomic E-state index is 0.111. The van der Waals surface area contributed by atoms with E-state index in [2.05, 4.69) is 5.32 Å². The summed E-state index contributed by atoms with van der Waals surface area (Å²) in [5.74, 6) is -0.545. The summed E-state index contributed by atoms with van der Waals surface area (Å²) in [6.45, 7) is 1.97. The Bertz CT molecular complexity index is 555. The monoisotopic (exact) mass is 279 g/mol. The first-order valence-electron chi connectivity index (χ1n) is 6.00. The van der Waals surface area contributed by atoms with Crippen LogP contribution in [0.4, 0.5) is 8.78 Å². The fraction of sp³-hybridized carbons (Fsp3) is 0.200. The average Bonchev–Trinajstić information content (AvgIpc) is 2.42. The van der Waals surface area contributed by atoms with E-state index in [1.807, 2.05) is 20.0 Å². The van der Waals surface area contributed by atoms with Gasteiger partial charge in [-0.05, 0) is 55.9 Å². The van der Waals surface area contributed by atoms with Crippen molar-refractivity contribution >= 4 is 11.8 Å². The van der Waals surface area contributed by atoms with E-state index in [9.17, 15) is 8.78 Å². The molecule has 0 saturated carbocycles. The number of halogens is 2. The zero-order valence-electron chi connectivity index (χ0n) is 10.8. The Balaban J connectivity index is 2.19. The number of nitrogens with one attached hydrogen (secondary N) is 1. The topological polar surface area (TPSA) is 12.0 Å². The summed E-state index contributed by atoms with van der Waals surface area (Å²) in [6.07, 6.45) is 0. The molecule has 0 aromatic heterocycles. The standard InChI is InChI=1S/C15H15F2NS/c1-10(18-2)11-3-8-15(14(17)9-11)19-13-6-4-12(16)5-7-13/h3-10,18H,1-2H3. The Morgan fingerprint density at radius 3 is 2.32 bits per heavy atom. The maximum Gasteiger partial charge on any atom is 0.137 e. The highest BCUT2D eigenvalue weighted by atomic mass is 32.2. The summed E-state index contributed by atoms with van der Waals surface area (Å²) in [6, 6.07) is 11.3. The van der Waals surface area contributed by atoms with E-state index in [-0.39, 0.29) is 17.7 Å². The molecule has 2 aromatic carbocycles. The molecular formula is C15H15F2NS. The summed E-state index contributed by atoms with van der Waals surface area (Å²) in [7, 11) is 1.84. The molecule has 1 atom stereocenters. The van der Waals surface area contributed by atoms with Crippen LogP contribution in [0.2, 0.25) is 0 Å². The average molecular weight is 279 g/mol. The molecule has 4 heteroatoms. The van der Waals surface area contributed by atoms with Crippen molar-refractivity contribution in [3.05, 3.63) is 59.7 Å². The summed E-state index contributed by atoms with van der Waals surface area (Å²) in [5.41, 5.74) is 0.906. The minimum Gasteiger partial charge on any atom is -0.313 e. The second-order valence-corrected chi connectivity index (χ2v) is 5.37. The Kier molecular flexibility index (Phi) is 4.56. The molecule has 0 heterocycles. The zero-order valence-corrected chi connectivity index (χ0v) is 11.6. The van der Waals surface area contributed by atoms with Gasteiger partial charge >= 0.3 is 0 Å². The molecule has 19 heavy (non-hydrogen) atoms. The van der Waals surface area contributed by atoms with E-state index in [0.29, 0.717) is 4.90 Å². The third kappa shape index (κ3) is 3.55. The highest BCUT2D eigenvalue weighted by molar-refractivity contribution is 7.99. The van der Waals surface area contributed by atoms with Crippen molar-refractivity contribution < 1.29 is 8.78 Å². The normalized spacial score (nSPS) is 12.4. The fourth-order valence-corrected chi connectivity index (χ4v) is 2.48. The Morgan fingerprint density at radius 2 is 1.74 bits per heavy atom. The van der Waals surface area contributed by atoms with Gasteiger partial charge in [-0.25, -0.2) is 8.78 Å². The van der Waals surface area contributed by atoms with Crippen molar-refractivity contribution in [2.24, 2.45) is 0 Å². The van der Waals surface area contributed by atoms with Crippen LogP contribution < -0.4 is 5.32 Å². The van der Waals surface area contributed by atoms with Gasteiger partial charge in [0.2, 0.25) is 0 Å². The lowest BCUT2D eigenvalue weighted by molar-refractivity contribution is 0.587. The van der Waals surface area contributed by atoms with Crippen molar-refractivity contribution in [1.29, 1.82) is 0 Å². The molecule has 0 spiro atoms. The Morgan fingerprint density at radius 1 is 1.05 bits per heavy atom. The molecule has 0 saturated heterocycles. The van der Waals surface area contributed by atoms with Crippen LogP contribution >= 0.6 is 11.8 Å². The summed E-state index contributed by atoms with van der Waals surface area (Å²) < 4.78 is 26.8. The molecule has 0 aliphatic heterocycles. The smallest absolute Gasteiger partial charge is 0.137 e. The first-order chi connectivity index (χ1) is 9.10. The van der Waals surface area contributed by atoms with Crippen molar-refractivity contribution in [3.8, 4) is 0 Å². The SMILES string of the molecule is CNC(C)c1ccc(Sc2ccc(F)cc2)c(F)c1. The predicted molar refractivity (Wildman–Crippen MR) is 74.4 cm³/mol. The van der Waals surface area contributed by atoms with Crippen LogP contribution in [-0.2, 0) is 0 Å². The van der Waals surface area contributed by atoms with Crippen LogP contribution in [0.1, 0.15) is 18.5 Å². The molecule has 1 unspecified atom stereocenters. The molecule has 1 nitrogen and oxygen atoms in total. The van der Waals surface area contributed by atoms with Gasteiger partial charge in [0.1, 0.15) is 11.6 Å². The summed E-state index contributed by atoms with van der Waals surface area (Å²) in [4.78, 5) is 1.35.